The molecule has 6 nitrogen and oxygen atoms in total. The number of nitriles is 1. The van der Waals surface area contributed by atoms with Crippen LogP contribution in [0.3, 0.4) is 0 Å². The molecule has 0 saturated carbocycles. The van der Waals surface area contributed by atoms with Gasteiger partial charge in [-0.25, -0.2) is 4.79 Å². The summed E-state index contributed by atoms with van der Waals surface area (Å²) in [5.41, 5.74) is 2.95. The molecule has 2 aromatic carbocycles. The number of hydrogen-bond acceptors (Lipinski definition) is 4. The number of aromatic amines is 1. The number of esters is 1. The van der Waals surface area contributed by atoms with Crippen LogP contribution in [0, 0.1) is 18.3 Å². The van der Waals surface area contributed by atoms with Crippen LogP contribution in [-0.4, -0.2) is 30.0 Å². The Morgan fingerprint density at radius 1 is 1.15 bits per heavy atom. The van der Waals surface area contributed by atoms with E-state index in [2.05, 4.69) is 4.98 Å². The fraction of sp³-hybridized carbons (Fsp3) is 0.190. The number of ether oxygens (including phenoxy) is 1. The van der Waals surface area contributed by atoms with Gasteiger partial charge in [0.2, 0.25) is 0 Å². The minimum absolute atomic E-state index is 0.190. The number of para-hydroxylation sites is 1. The number of amides is 1. The van der Waals surface area contributed by atoms with Gasteiger partial charge in [-0.2, -0.15) is 5.26 Å². The van der Waals surface area contributed by atoms with Gasteiger partial charge in [0.25, 0.3) is 5.91 Å². The Hall–Kier alpha value is -3.59. The Labute approximate surface area is 157 Å². The van der Waals surface area contributed by atoms with Crippen molar-refractivity contribution in [3.8, 4) is 6.07 Å². The first-order valence-electron chi connectivity index (χ1n) is 8.57. The smallest absolute Gasteiger partial charge is 0.340 e. The molecule has 0 atom stereocenters. The van der Waals surface area contributed by atoms with Crippen molar-refractivity contribution >= 4 is 28.5 Å². The van der Waals surface area contributed by atoms with Crippen molar-refractivity contribution in [3.63, 3.8) is 0 Å². The Morgan fingerprint density at radius 3 is 2.63 bits per heavy atom. The lowest BCUT2D eigenvalue weighted by Gasteiger charge is -2.21. The Bertz CT molecular complexity index is 999. The van der Waals surface area contributed by atoms with Crippen molar-refractivity contribution in [2.75, 3.05) is 18.1 Å². The highest BCUT2D eigenvalue weighted by Crippen LogP contribution is 2.19. The molecule has 1 N–H and O–H groups in total. The first-order chi connectivity index (χ1) is 13.1. The van der Waals surface area contributed by atoms with Crippen LogP contribution in [0.1, 0.15) is 22.3 Å². The summed E-state index contributed by atoms with van der Waals surface area (Å²) in [6.45, 7) is 1.80. The molecule has 6 heteroatoms. The third-order valence-corrected chi connectivity index (χ3v) is 4.23. The van der Waals surface area contributed by atoms with E-state index >= 15 is 0 Å². The minimum atomic E-state index is -0.565. The quantitative estimate of drug-likeness (QED) is 0.680. The second kappa shape index (κ2) is 8.19. The fourth-order valence-corrected chi connectivity index (χ4v) is 2.81. The molecule has 0 unspecified atom stereocenters. The maximum atomic E-state index is 12.6. The zero-order chi connectivity index (χ0) is 19.2. The van der Waals surface area contributed by atoms with Gasteiger partial charge in [0.1, 0.15) is 0 Å². The molecule has 0 radical (unpaired) electrons. The lowest BCUT2D eigenvalue weighted by atomic mass is 10.2. The Morgan fingerprint density at radius 2 is 1.89 bits per heavy atom. The van der Waals surface area contributed by atoms with E-state index in [1.165, 1.54) is 4.90 Å². The number of aromatic nitrogens is 1. The predicted octanol–water partition coefficient (Wildman–Crippen LogP) is 3.58. The summed E-state index contributed by atoms with van der Waals surface area (Å²) in [5, 5.41) is 9.60. The Balaban J connectivity index is 1.70. The molecule has 1 amide bonds. The van der Waals surface area contributed by atoms with Crippen LogP contribution in [-0.2, 0) is 9.53 Å². The summed E-state index contributed by atoms with van der Waals surface area (Å²) < 4.78 is 5.23. The van der Waals surface area contributed by atoms with Gasteiger partial charge >= 0.3 is 5.97 Å². The molecule has 0 aliphatic rings. The summed E-state index contributed by atoms with van der Waals surface area (Å²) in [6.07, 6.45) is 1.76. The van der Waals surface area contributed by atoms with E-state index in [0.717, 1.165) is 16.5 Å². The van der Waals surface area contributed by atoms with Gasteiger partial charge in [-0.1, -0.05) is 35.9 Å². The van der Waals surface area contributed by atoms with E-state index in [1.807, 2.05) is 61.5 Å². The lowest BCUT2D eigenvalue weighted by Crippen LogP contribution is -2.35. The number of nitrogens with zero attached hydrogens (tertiary/aromatic N) is 2. The number of benzene rings is 2. The van der Waals surface area contributed by atoms with Gasteiger partial charge in [0.05, 0.1) is 18.1 Å². The first-order valence-corrected chi connectivity index (χ1v) is 8.57. The number of rotatable bonds is 6. The van der Waals surface area contributed by atoms with Crippen molar-refractivity contribution in [1.29, 1.82) is 5.26 Å². The number of fused-ring (bicyclic) bond motifs is 1. The molecule has 3 rings (SSSR count). The summed E-state index contributed by atoms with van der Waals surface area (Å²) >= 11 is 0. The largest absolute Gasteiger partial charge is 0.452 e. The third-order valence-electron chi connectivity index (χ3n) is 4.23. The van der Waals surface area contributed by atoms with E-state index in [4.69, 9.17) is 10.00 Å². The number of H-pyrrole nitrogens is 1. The van der Waals surface area contributed by atoms with Crippen LogP contribution in [0.15, 0.2) is 54.7 Å². The third kappa shape index (κ3) is 4.15. The van der Waals surface area contributed by atoms with E-state index < -0.39 is 12.6 Å². The number of carbonyl (C=O) groups is 2. The van der Waals surface area contributed by atoms with Gasteiger partial charge in [-0.3, -0.25) is 4.79 Å². The summed E-state index contributed by atoms with van der Waals surface area (Å²) in [5.74, 6) is -0.938. The minimum Gasteiger partial charge on any atom is -0.452 e. The number of nitrogens with one attached hydrogen (secondary N) is 1. The fourth-order valence-electron chi connectivity index (χ4n) is 2.81. The first kappa shape index (κ1) is 18.2. The Kier molecular flexibility index (Phi) is 5.53. The van der Waals surface area contributed by atoms with E-state index in [9.17, 15) is 9.59 Å². The topological polar surface area (TPSA) is 86.2 Å². The molecule has 3 aromatic rings. The highest BCUT2D eigenvalue weighted by Gasteiger charge is 2.19. The average Bonchev–Trinajstić information content (AvgIpc) is 3.12. The summed E-state index contributed by atoms with van der Waals surface area (Å²) in [7, 11) is 0. The number of aryl methyl sites for hydroxylation is 1. The van der Waals surface area contributed by atoms with Crippen molar-refractivity contribution in [3.05, 3.63) is 65.9 Å². The predicted molar refractivity (Wildman–Crippen MR) is 102 cm³/mol. The number of hydrogen-bond donors (Lipinski definition) is 1. The summed E-state index contributed by atoms with van der Waals surface area (Å²) in [4.78, 5) is 29.5. The van der Waals surface area contributed by atoms with Crippen LogP contribution in [0.2, 0.25) is 0 Å². The van der Waals surface area contributed by atoms with Crippen molar-refractivity contribution in [2.24, 2.45) is 0 Å². The second-order valence-electron chi connectivity index (χ2n) is 6.11. The van der Waals surface area contributed by atoms with E-state index in [1.54, 1.807) is 6.20 Å². The van der Waals surface area contributed by atoms with Gasteiger partial charge in [0.15, 0.2) is 6.61 Å². The SMILES string of the molecule is Cc1ccc(N(CCC#N)C(=O)COC(=O)c2c[nH]c3ccccc23)cc1. The summed E-state index contributed by atoms with van der Waals surface area (Å²) in [6, 6.07) is 16.8. The highest BCUT2D eigenvalue weighted by atomic mass is 16.5. The molecular weight excluding hydrogens is 342 g/mol. The molecule has 27 heavy (non-hydrogen) atoms. The molecule has 0 aliphatic carbocycles. The van der Waals surface area contributed by atoms with Crippen LogP contribution < -0.4 is 4.90 Å². The maximum absolute atomic E-state index is 12.6. The lowest BCUT2D eigenvalue weighted by molar-refractivity contribution is -0.121. The monoisotopic (exact) mass is 361 g/mol. The van der Waals surface area contributed by atoms with Gasteiger partial charge in [-0.05, 0) is 25.1 Å². The van der Waals surface area contributed by atoms with Crippen LogP contribution in [0.25, 0.3) is 10.9 Å². The number of anilines is 1. The average molecular weight is 361 g/mol. The van der Waals surface area contributed by atoms with E-state index in [0.29, 0.717) is 11.3 Å². The molecule has 0 saturated heterocycles. The van der Waals surface area contributed by atoms with Gasteiger partial charge < -0.3 is 14.6 Å². The van der Waals surface area contributed by atoms with Gasteiger partial charge in [0, 0.05) is 29.3 Å². The molecule has 1 aromatic heterocycles. The van der Waals surface area contributed by atoms with Crippen molar-refractivity contribution < 1.29 is 14.3 Å². The molecule has 0 spiro atoms. The molecule has 0 bridgehead atoms. The van der Waals surface area contributed by atoms with Crippen molar-refractivity contribution in [2.45, 2.75) is 13.3 Å². The molecule has 136 valence electrons. The maximum Gasteiger partial charge on any atom is 0.340 e. The molecular formula is C21H19N3O3. The molecule has 0 fully saturated rings. The number of carbonyl (C=O) groups excluding carboxylic acids is 2. The van der Waals surface area contributed by atoms with E-state index in [-0.39, 0.29) is 18.9 Å². The van der Waals surface area contributed by atoms with Crippen LogP contribution in [0.4, 0.5) is 5.69 Å². The molecule has 1 heterocycles. The zero-order valence-corrected chi connectivity index (χ0v) is 14.9. The van der Waals surface area contributed by atoms with Gasteiger partial charge in [-0.15, -0.1) is 0 Å². The second-order valence-corrected chi connectivity index (χ2v) is 6.11. The molecule has 0 aliphatic heterocycles. The standard InChI is InChI=1S/C21H19N3O3/c1-15-7-9-16(10-8-15)24(12-4-11-22)20(25)14-27-21(26)18-13-23-19-6-3-2-5-17(18)19/h2-3,5-10,13,23H,4,12,14H2,1H3. The normalized spacial score (nSPS) is 10.4. The zero-order valence-electron chi connectivity index (χ0n) is 14.9. The van der Waals surface area contributed by atoms with Crippen LogP contribution >= 0.6 is 0 Å². The van der Waals surface area contributed by atoms with Crippen molar-refractivity contribution in [1.82, 2.24) is 4.98 Å². The highest BCUT2D eigenvalue weighted by molar-refractivity contribution is 6.05. The van der Waals surface area contributed by atoms with Crippen LogP contribution in [0.5, 0.6) is 0 Å².